The molecule has 0 saturated carbocycles. The van der Waals surface area contributed by atoms with Crippen LogP contribution in [0.25, 0.3) is 11.3 Å². The second-order valence-corrected chi connectivity index (χ2v) is 7.56. The number of methoxy groups -OCH3 is 1. The zero-order chi connectivity index (χ0) is 21.1. The monoisotopic (exact) mass is 402 g/mol. The molecular weight excluding hydrogens is 376 g/mol. The van der Waals surface area contributed by atoms with Gasteiger partial charge >= 0.3 is 0 Å². The Bertz CT molecular complexity index is 1040. The molecule has 0 radical (unpaired) electrons. The predicted molar refractivity (Wildman–Crippen MR) is 118 cm³/mol. The number of anilines is 1. The number of nitrogens with zero attached hydrogens (tertiary/aromatic N) is 4. The van der Waals surface area contributed by atoms with Crippen LogP contribution in [0.5, 0.6) is 5.75 Å². The molecule has 1 saturated heterocycles. The molecule has 0 bridgehead atoms. The molecule has 0 atom stereocenters. The lowest BCUT2D eigenvalue weighted by atomic mass is 10.1. The summed E-state index contributed by atoms with van der Waals surface area (Å²) in [5.74, 6) is 1.69. The van der Waals surface area contributed by atoms with Crippen LogP contribution in [0, 0.1) is 13.8 Å². The normalized spacial score (nSPS) is 14.0. The summed E-state index contributed by atoms with van der Waals surface area (Å²) in [6.45, 7) is 6.90. The molecule has 1 fully saturated rings. The summed E-state index contributed by atoms with van der Waals surface area (Å²) in [6.07, 6.45) is 0. The van der Waals surface area contributed by atoms with Gasteiger partial charge in [0.1, 0.15) is 5.75 Å². The van der Waals surface area contributed by atoms with Crippen molar-refractivity contribution in [2.75, 3.05) is 38.2 Å². The first-order valence-electron chi connectivity index (χ1n) is 10.2. The highest BCUT2D eigenvalue weighted by molar-refractivity contribution is 5.94. The van der Waals surface area contributed by atoms with Crippen LogP contribution >= 0.6 is 0 Å². The third-order valence-corrected chi connectivity index (χ3v) is 5.68. The minimum atomic E-state index is 0.0929. The van der Waals surface area contributed by atoms with E-state index in [2.05, 4.69) is 22.0 Å². The minimum absolute atomic E-state index is 0.0929. The van der Waals surface area contributed by atoms with Crippen molar-refractivity contribution in [1.82, 2.24) is 15.1 Å². The van der Waals surface area contributed by atoms with Crippen molar-refractivity contribution >= 4 is 11.7 Å². The summed E-state index contributed by atoms with van der Waals surface area (Å²) < 4.78 is 5.42. The molecule has 3 aromatic rings. The molecule has 0 spiro atoms. The molecule has 1 aliphatic heterocycles. The molecule has 1 aromatic heterocycles. The molecule has 2 aromatic carbocycles. The first-order chi connectivity index (χ1) is 14.6. The van der Waals surface area contributed by atoms with Gasteiger partial charge in [-0.05, 0) is 61.4 Å². The number of aromatic nitrogens is 2. The van der Waals surface area contributed by atoms with Crippen molar-refractivity contribution in [1.29, 1.82) is 0 Å². The Morgan fingerprint density at radius 2 is 1.67 bits per heavy atom. The fraction of sp³-hybridized carbons (Fsp3) is 0.292. The molecule has 0 aliphatic carbocycles. The summed E-state index contributed by atoms with van der Waals surface area (Å²) in [4.78, 5) is 16.9. The Morgan fingerprint density at radius 3 is 2.33 bits per heavy atom. The van der Waals surface area contributed by atoms with Crippen LogP contribution in [-0.2, 0) is 0 Å². The second kappa shape index (κ2) is 8.53. The number of benzene rings is 2. The Hall–Kier alpha value is -3.41. The van der Waals surface area contributed by atoms with Gasteiger partial charge in [0, 0.05) is 37.3 Å². The second-order valence-electron chi connectivity index (χ2n) is 7.56. The van der Waals surface area contributed by atoms with E-state index < -0.39 is 0 Å². The van der Waals surface area contributed by atoms with E-state index in [0.717, 1.165) is 47.0 Å². The van der Waals surface area contributed by atoms with Crippen molar-refractivity contribution in [2.45, 2.75) is 13.8 Å². The van der Waals surface area contributed by atoms with Crippen LogP contribution in [0.15, 0.2) is 54.6 Å². The quantitative estimate of drug-likeness (QED) is 0.666. The van der Waals surface area contributed by atoms with Gasteiger partial charge in [0.15, 0.2) is 5.82 Å². The number of ether oxygens (including phenoxy) is 1. The maximum absolute atomic E-state index is 12.8. The van der Waals surface area contributed by atoms with Crippen molar-refractivity contribution in [2.24, 2.45) is 0 Å². The largest absolute Gasteiger partial charge is 0.496 e. The standard InChI is InChI=1S/C24H26N4O2/c1-17-8-9-19(16-18(17)2)24(29)28-14-12-27(13-15-28)23-11-10-21(25-26-23)20-6-4-5-7-22(20)30-3/h4-11,16H,12-15H2,1-3H3. The van der Waals surface area contributed by atoms with Crippen LogP contribution < -0.4 is 9.64 Å². The lowest BCUT2D eigenvalue weighted by Crippen LogP contribution is -2.49. The minimum Gasteiger partial charge on any atom is -0.496 e. The third kappa shape index (κ3) is 3.99. The van der Waals surface area contributed by atoms with Crippen LogP contribution in [0.3, 0.4) is 0 Å². The first kappa shape index (κ1) is 19.9. The van der Waals surface area contributed by atoms with Crippen LogP contribution in [0.4, 0.5) is 5.82 Å². The Balaban J connectivity index is 1.41. The lowest BCUT2D eigenvalue weighted by molar-refractivity contribution is 0.0746. The van der Waals surface area contributed by atoms with E-state index in [0.29, 0.717) is 13.1 Å². The molecule has 0 N–H and O–H groups in total. The fourth-order valence-corrected chi connectivity index (χ4v) is 3.69. The SMILES string of the molecule is COc1ccccc1-c1ccc(N2CCN(C(=O)c3ccc(C)c(C)c3)CC2)nn1. The van der Waals surface area contributed by atoms with E-state index in [4.69, 9.17) is 4.74 Å². The number of carbonyl (C=O) groups is 1. The zero-order valence-corrected chi connectivity index (χ0v) is 17.6. The van der Waals surface area contributed by atoms with E-state index in [9.17, 15) is 4.79 Å². The van der Waals surface area contributed by atoms with Gasteiger partial charge in [-0.15, -0.1) is 10.2 Å². The number of rotatable bonds is 4. The van der Waals surface area contributed by atoms with Gasteiger partial charge in [0.2, 0.25) is 0 Å². The summed E-state index contributed by atoms with van der Waals surface area (Å²) in [5, 5.41) is 8.82. The molecule has 6 nitrogen and oxygen atoms in total. The predicted octanol–water partition coefficient (Wildman–Crippen LogP) is 3.73. The molecular formula is C24H26N4O2. The van der Waals surface area contributed by atoms with Crippen molar-refractivity contribution < 1.29 is 9.53 Å². The van der Waals surface area contributed by atoms with Crippen molar-refractivity contribution in [3.05, 3.63) is 71.3 Å². The average molecular weight is 402 g/mol. The number of carbonyl (C=O) groups excluding carboxylic acids is 1. The first-order valence-corrected chi connectivity index (χ1v) is 10.2. The van der Waals surface area contributed by atoms with E-state index in [1.54, 1.807) is 7.11 Å². The van der Waals surface area contributed by atoms with Crippen LogP contribution in [0.1, 0.15) is 21.5 Å². The molecule has 2 heterocycles. The van der Waals surface area contributed by atoms with Crippen molar-refractivity contribution in [3.63, 3.8) is 0 Å². The topological polar surface area (TPSA) is 58.6 Å². The van der Waals surface area contributed by atoms with Crippen LogP contribution in [-0.4, -0.2) is 54.3 Å². The molecule has 1 aliphatic rings. The summed E-state index contributed by atoms with van der Waals surface area (Å²) in [6, 6.07) is 17.6. The van der Waals surface area contributed by atoms with Gasteiger partial charge in [-0.1, -0.05) is 18.2 Å². The fourth-order valence-electron chi connectivity index (χ4n) is 3.69. The molecule has 4 rings (SSSR count). The van der Waals surface area contributed by atoms with Gasteiger partial charge in [0.05, 0.1) is 12.8 Å². The lowest BCUT2D eigenvalue weighted by Gasteiger charge is -2.35. The molecule has 1 amide bonds. The Kier molecular flexibility index (Phi) is 5.65. The highest BCUT2D eigenvalue weighted by Gasteiger charge is 2.23. The van der Waals surface area contributed by atoms with E-state index >= 15 is 0 Å². The van der Waals surface area contributed by atoms with Gasteiger partial charge in [0.25, 0.3) is 5.91 Å². The molecule has 6 heteroatoms. The molecule has 154 valence electrons. The number of hydrogen-bond acceptors (Lipinski definition) is 5. The molecule has 0 unspecified atom stereocenters. The van der Waals surface area contributed by atoms with Gasteiger partial charge in [-0.3, -0.25) is 4.79 Å². The van der Waals surface area contributed by atoms with Gasteiger partial charge in [-0.2, -0.15) is 0 Å². The maximum atomic E-state index is 12.8. The van der Waals surface area contributed by atoms with Crippen molar-refractivity contribution in [3.8, 4) is 17.0 Å². The highest BCUT2D eigenvalue weighted by Crippen LogP contribution is 2.28. The smallest absolute Gasteiger partial charge is 0.253 e. The van der Waals surface area contributed by atoms with E-state index in [-0.39, 0.29) is 5.91 Å². The van der Waals surface area contributed by atoms with Crippen LogP contribution in [0.2, 0.25) is 0 Å². The van der Waals surface area contributed by atoms with Gasteiger partial charge < -0.3 is 14.5 Å². The molecule has 30 heavy (non-hydrogen) atoms. The maximum Gasteiger partial charge on any atom is 0.253 e. The Morgan fingerprint density at radius 1 is 0.900 bits per heavy atom. The average Bonchev–Trinajstić information content (AvgIpc) is 2.80. The number of hydrogen-bond donors (Lipinski definition) is 0. The number of aryl methyl sites for hydroxylation is 2. The number of para-hydroxylation sites is 1. The van der Waals surface area contributed by atoms with E-state index in [1.807, 2.05) is 66.4 Å². The third-order valence-electron chi connectivity index (χ3n) is 5.68. The van der Waals surface area contributed by atoms with Gasteiger partial charge in [-0.25, -0.2) is 0 Å². The number of amides is 1. The number of piperazine rings is 1. The summed E-state index contributed by atoms with van der Waals surface area (Å²) in [7, 11) is 1.65. The van der Waals surface area contributed by atoms with E-state index in [1.165, 1.54) is 5.56 Å². The summed E-state index contributed by atoms with van der Waals surface area (Å²) in [5.41, 5.74) is 4.80. The highest BCUT2D eigenvalue weighted by atomic mass is 16.5. The zero-order valence-electron chi connectivity index (χ0n) is 17.6. The summed E-state index contributed by atoms with van der Waals surface area (Å²) >= 11 is 0. The Labute approximate surface area is 177 Å².